The van der Waals surface area contributed by atoms with Crippen LogP contribution in [0.3, 0.4) is 0 Å². The molecule has 0 saturated heterocycles. The lowest BCUT2D eigenvalue weighted by Crippen LogP contribution is -2.10. The Labute approximate surface area is 146 Å². The highest BCUT2D eigenvalue weighted by Gasteiger charge is 2.15. The molecule has 130 valence electrons. The number of aromatic nitrogens is 2. The Morgan fingerprint density at radius 2 is 1.76 bits per heavy atom. The van der Waals surface area contributed by atoms with E-state index in [0.29, 0.717) is 23.2 Å². The van der Waals surface area contributed by atoms with Gasteiger partial charge in [-0.05, 0) is 24.3 Å². The Hall–Kier alpha value is -2.67. The van der Waals surface area contributed by atoms with Crippen molar-refractivity contribution >= 4 is 15.5 Å². The summed E-state index contributed by atoms with van der Waals surface area (Å²) in [7, 11) is -3.18. The third kappa shape index (κ3) is 4.24. The van der Waals surface area contributed by atoms with E-state index in [1.165, 1.54) is 6.26 Å². The number of nitrogens with one attached hydrogen (secondary N) is 1. The van der Waals surface area contributed by atoms with Crippen LogP contribution in [0.25, 0.3) is 11.4 Å². The SMILES string of the molecule is CC(CNc1ccc(S(C)(=O)=O)cc1)c1nc(-c2ccccc2)no1. The lowest BCUT2D eigenvalue weighted by atomic mass is 10.1. The van der Waals surface area contributed by atoms with Crippen LogP contribution >= 0.6 is 0 Å². The standard InChI is InChI=1S/C18H19N3O3S/c1-13(12-19-15-8-10-16(11-9-15)25(2,22)23)18-20-17(21-24-18)14-6-4-3-5-7-14/h3-11,13,19H,12H2,1-2H3. The van der Waals surface area contributed by atoms with Gasteiger partial charge in [0, 0.05) is 24.1 Å². The van der Waals surface area contributed by atoms with E-state index in [9.17, 15) is 8.42 Å². The number of hydrogen-bond acceptors (Lipinski definition) is 6. The second-order valence-corrected chi connectivity index (χ2v) is 7.92. The lowest BCUT2D eigenvalue weighted by molar-refractivity contribution is 0.363. The fraction of sp³-hybridized carbons (Fsp3) is 0.222. The Bertz CT molecular complexity index is 935. The second-order valence-electron chi connectivity index (χ2n) is 5.90. The number of rotatable bonds is 6. The molecule has 7 heteroatoms. The van der Waals surface area contributed by atoms with Crippen molar-refractivity contribution in [3.05, 3.63) is 60.5 Å². The predicted molar refractivity (Wildman–Crippen MR) is 96.2 cm³/mol. The lowest BCUT2D eigenvalue weighted by Gasteiger charge is -2.10. The summed E-state index contributed by atoms with van der Waals surface area (Å²) in [6.45, 7) is 2.58. The number of anilines is 1. The van der Waals surface area contributed by atoms with Crippen molar-refractivity contribution in [3.63, 3.8) is 0 Å². The van der Waals surface area contributed by atoms with Crippen molar-refractivity contribution in [2.45, 2.75) is 17.7 Å². The van der Waals surface area contributed by atoms with Gasteiger partial charge in [-0.2, -0.15) is 4.98 Å². The van der Waals surface area contributed by atoms with Crippen LogP contribution in [0.1, 0.15) is 18.7 Å². The first kappa shape index (κ1) is 17.2. The van der Waals surface area contributed by atoms with Gasteiger partial charge in [-0.1, -0.05) is 42.4 Å². The molecule has 2 aromatic carbocycles. The van der Waals surface area contributed by atoms with Crippen molar-refractivity contribution in [1.82, 2.24) is 10.1 Å². The van der Waals surface area contributed by atoms with Crippen molar-refractivity contribution in [2.24, 2.45) is 0 Å². The smallest absolute Gasteiger partial charge is 0.231 e. The van der Waals surface area contributed by atoms with Crippen LogP contribution in [0.2, 0.25) is 0 Å². The summed E-state index contributed by atoms with van der Waals surface area (Å²) in [4.78, 5) is 4.74. The minimum absolute atomic E-state index is 0.0135. The molecule has 1 N–H and O–H groups in total. The minimum atomic E-state index is -3.18. The fourth-order valence-corrected chi connectivity index (χ4v) is 2.95. The predicted octanol–water partition coefficient (Wildman–Crippen LogP) is 3.36. The highest BCUT2D eigenvalue weighted by molar-refractivity contribution is 7.90. The average Bonchev–Trinajstić information content (AvgIpc) is 3.10. The summed E-state index contributed by atoms with van der Waals surface area (Å²) < 4.78 is 28.3. The van der Waals surface area contributed by atoms with E-state index >= 15 is 0 Å². The monoisotopic (exact) mass is 357 g/mol. The summed E-state index contributed by atoms with van der Waals surface area (Å²) in [5, 5.41) is 7.27. The molecular weight excluding hydrogens is 338 g/mol. The second kappa shape index (κ2) is 7.06. The van der Waals surface area contributed by atoms with Crippen molar-refractivity contribution < 1.29 is 12.9 Å². The zero-order valence-electron chi connectivity index (χ0n) is 14.0. The molecule has 0 saturated carbocycles. The van der Waals surface area contributed by atoms with Crippen LogP contribution in [-0.4, -0.2) is 31.4 Å². The highest BCUT2D eigenvalue weighted by Crippen LogP contribution is 2.20. The quantitative estimate of drug-likeness (QED) is 0.728. The Morgan fingerprint density at radius 3 is 2.40 bits per heavy atom. The average molecular weight is 357 g/mol. The number of hydrogen-bond donors (Lipinski definition) is 1. The maximum absolute atomic E-state index is 11.5. The van der Waals surface area contributed by atoms with E-state index in [0.717, 1.165) is 11.3 Å². The van der Waals surface area contributed by atoms with Gasteiger partial charge in [0.1, 0.15) is 0 Å². The maximum Gasteiger partial charge on any atom is 0.231 e. The van der Waals surface area contributed by atoms with Crippen LogP contribution in [0, 0.1) is 0 Å². The van der Waals surface area contributed by atoms with Gasteiger partial charge in [0.05, 0.1) is 10.8 Å². The molecule has 1 atom stereocenters. The van der Waals surface area contributed by atoms with E-state index in [1.807, 2.05) is 37.3 Å². The van der Waals surface area contributed by atoms with Gasteiger partial charge in [0.15, 0.2) is 9.84 Å². The molecule has 1 heterocycles. The normalized spacial score (nSPS) is 12.7. The first-order valence-corrected chi connectivity index (χ1v) is 9.75. The Morgan fingerprint density at radius 1 is 1.08 bits per heavy atom. The Balaban J connectivity index is 1.63. The number of nitrogens with zero attached hydrogens (tertiary/aromatic N) is 2. The molecule has 1 unspecified atom stereocenters. The van der Waals surface area contributed by atoms with Gasteiger partial charge in [0.25, 0.3) is 0 Å². The summed E-state index contributed by atoms with van der Waals surface area (Å²) in [6, 6.07) is 16.3. The molecule has 0 amide bonds. The minimum Gasteiger partial charge on any atom is -0.384 e. The Kier molecular flexibility index (Phi) is 4.85. The van der Waals surface area contributed by atoms with Crippen molar-refractivity contribution in [1.29, 1.82) is 0 Å². The largest absolute Gasteiger partial charge is 0.384 e. The molecule has 0 bridgehead atoms. The van der Waals surface area contributed by atoms with Gasteiger partial charge >= 0.3 is 0 Å². The van der Waals surface area contributed by atoms with Crippen LogP contribution in [0.4, 0.5) is 5.69 Å². The molecular formula is C18H19N3O3S. The van der Waals surface area contributed by atoms with Gasteiger partial charge < -0.3 is 9.84 Å². The molecule has 0 radical (unpaired) electrons. The summed E-state index contributed by atoms with van der Waals surface area (Å²) in [5.41, 5.74) is 1.75. The highest BCUT2D eigenvalue weighted by atomic mass is 32.2. The summed E-state index contributed by atoms with van der Waals surface area (Å²) in [6.07, 6.45) is 1.19. The molecule has 3 rings (SSSR count). The zero-order valence-corrected chi connectivity index (χ0v) is 14.8. The van der Waals surface area contributed by atoms with Gasteiger partial charge in [0.2, 0.25) is 11.7 Å². The summed E-state index contributed by atoms with van der Waals surface area (Å²) >= 11 is 0. The maximum atomic E-state index is 11.5. The molecule has 0 spiro atoms. The fourth-order valence-electron chi connectivity index (χ4n) is 2.32. The summed E-state index contributed by atoms with van der Waals surface area (Å²) in [5.74, 6) is 1.14. The zero-order chi connectivity index (χ0) is 17.9. The van der Waals surface area contributed by atoms with E-state index in [-0.39, 0.29) is 5.92 Å². The van der Waals surface area contributed by atoms with Crippen LogP contribution in [-0.2, 0) is 9.84 Å². The van der Waals surface area contributed by atoms with E-state index in [4.69, 9.17) is 4.52 Å². The molecule has 1 aromatic heterocycles. The van der Waals surface area contributed by atoms with Gasteiger partial charge in [-0.3, -0.25) is 0 Å². The first-order chi connectivity index (χ1) is 11.9. The molecule has 6 nitrogen and oxygen atoms in total. The van der Waals surface area contributed by atoms with Crippen LogP contribution in [0.15, 0.2) is 64.0 Å². The van der Waals surface area contributed by atoms with Crippen LogP contribution in [0.5, 0.6) is 0 Å². The number of benzene rings is 2. The third-order valence-corrected chi connectivity index (χ3v) is 4.92. The molecule has 0 fully saturated rings. The van der Waals surface area contributed by atoms with Crippen LogP contribution < -0.4 is 5.32 Å². The molecule has 0 aliphatic carbocycles. The van der Waals surface area contributed by atoms with Crippen molar-refractivity contribution in [3.8, 4) is 11.4 Å². The van der Waals surface area contributed by atoms with E-state index in [2.05, 4.69) is 15.5 Å². The number of sulfone groups is 1. The van der Waals surface area contributed by atoms with E-state index < -0.39 is 9.84 Å². The van der Waals surface area contributed by atoms with Crippen molar-refractivity contribution in [2.75, 3.05) is 18.1 Å². The van der Waals surface area contributed by atoms with E-state index in [1.54, 1.807) is 24.3 Å². The first-order valence-electron chi connectivity index (χ1n) is 7.86. The van der Waals surface area contributed by atoms with Gasteiger partial charge in [-0.25, -0.2) is 8.42 Å². The molecule has 3 aromatic rings. The third-order valence-electron chi connectivity index (χ3n) is 3.79. The molecule has 0 aliphatic rings. The molecule has 25 heavy (non-hydrogen) atoms. The topological polar surface area (TPSA) is 85.1 Å². The van der Waals surface area contributed by atoms with Gasteiger partial charge in [-0.15, -0.1) is 0 Å². The molecule has 0 aliphatic heterocycles.